The number of thiophene rings is 1. The highest BCUT2D eigenvalue weighted by atomic mass is 32.1. The highest BCUT2D eigenvalue weighted by molar-refractivity contribution is 7.12. The standard InChI is InChI=1S/C15H17N3S/c1-9-6-13(11(3)19-9)10(2)18-15-5-4-12(8-16)7-14(15)17/h4-7,10,18H,17H2,1-3H3. The van der Waals surface area contributed by atoms with Crippen LogP contribution in [-0.2, 0) is 0 Å². The molecule has 1 aromatic heterocycles. The minimum absolute atomic E-state index is 0.195. The van der Waals surface area contributed by atoms with E-state index in [1.54, 1.807) is 23.5 Å². The predicted octanol–water partition coefficient (Wildman–Crippen LogP) is 3.99. The van der Waals surface area contributed by atoms with E-state index in [1.807, 2.05) is 6.07 Å². The van der Waals surface area contributed by atoms with Gasteiger partial charge in [-0.3, -0.25) is 0 Å². The van der Waals surface area contributed by atoms with Crippen LogP contribution in [0.2, 0.25) is 0 Å². The highest BCUT2D eigenvalue weighted by Gasteiger charge is 2.12. The lowest BCUT2D eigenvalue weighted by Gasteiger charge is -2.17. The molecule has 1 unspecified atom stereocenters. The molecule has 2 rings (SSSR count). The average molecular weight is 271 g/mol. The van der Waals surface area contributed by atoms with Crippen LogP contribution in [-0.4, -0.2) is 0 Å². The molecule has 1 atom stereocenters. The van der Waals surface area contributed by atoms with E-state index >= 15 is 0 Å². The first kappa shape index (κ1) is 13.4. The van der Waals surface area contributed by atoms with Crippen LogP contribution in [0.3, 0.4) is 0 Å². The van der Waals surface area contributed by atoms with Crippen molar-refractivity contribution in [3.05, 3.63) is 45.1 Å². The van der Waals surface area contributed by atoms with E-state index in [9.17, 15) is 0 Å². The smallest absolute Gasteiger partial charge is 0.0992 e. The quantitative estimate of drug-likeness (QED) is 0.830. The molecule has 0 aliphatic carbocycles. The van der Waals surface area contributed by atoms with Crippen molar-refractivity contribution in [1.29, 1.82) is 5.26 Å². The van der Waals surface area contributed by atoms with Crippen LogP contribution in [0.1, 0.15) is 33.8 Å². The number of benzene rings is 1. The van der Waals surface area contributed by atoms with Crippen molar-refractivity contribution in [1.82, 2.24) is 0 Å². The monoisotopic (exact) mass is 271 g/mol. The molecule has 2 aromatic rings. The number of nitriles is 1. The SMILES string of the molecule is Cc1cc(C(C)Nc2ccc(C#N)cc2N)c(C)s1. The maximum Gasteiger partial charge on any atom is 0.0992 e. The summed E-state index contributed by atoms with van der Waals surface area (Å²) in [5.74, 6) is 0. The first-order valence-electron chi connectivity index (χ1n) is 6.14. The van der Waals surface area contributed by atoms with Crippen molar-refractivity contribution in [2.24, 2.45) is 0 Å². The van der Waals surface area contributed by atoms with Gasteiger partial charge in [-0.1, -0.05) is 0 Å². The van der Waals surface area contributed by atoms with Gasteiger partial charge in [-0.25, -0.2) is 0 Å². The second kappa shape index (κ2) is 5.33. The number of nitrogen functional groups attached to an aromatic ring is 1. The van der Waals surface area contributed by atoms with Gasteiger partial charge in [0, 0.05) is 15.8 Å². The number of aryl methyl sites for hydroxylation is 2. The Morgan fingerprint density at radius 2 is 2.05 bits per heavy atom. The molecule has 0 bridgehead atoms. The second-order valence-corrected chi connectivity index (χ2v) is 6.11. The third-order valence-corrected chi connectivity index (χ3v) is 4.08. The van der Waals surface area contributed by atoms with E-state index < -0.39 is 0 Å². The van der Waals surface area contributed by atoms with Crippen LogP contribution in [0.5, 0.6) is 0 Å². The van der Waals surface area contributed by atoms with E-state index in [4.69, 9.17) is 11.0 Å². The van der Waals surface area contributed by atoms with Crippen molar-refractivity contribution in [3.8, 4) is 6.07 Å². The summed E-state index contributed by atoms with van der Waals surface area (Å²) in [6, 6.07) is 9.82. The summed E-state index contributed by atoms with van der Waals surface area (Å²) in [5.41, 5.74) is 9.31. The minimum atomic E-state index is 0.195. The van der Waals surface area contributed by atoms with Gasteiger partial charge in [0.15, 0.2) is 0 Å². The van der Waals surface area contributed by atoms with Gasteiger partial charge in [-0.2, -0.15) is 5.26 Å². The number of nitrogens with one attached hydrogen (secondary N) is 1. The molecule has 98 valence electrons. The number of anilines is 2. The van der Waals surface area contributed by atoms with Gasteiger partial charge in [0.05, 0.1) is 23.0 Å². The zero-order valence-electron chi connectivity index (χ0n) is 11.3. The van der Waals surface area contributed by atoms with E-state index in [0.29, 0.717) is 11.3 Å². The first-order chi connectivity index (χ1) is 9.01. The molecular weight excluding hydrogens is 254 g/mol. The molecule has 19 heavy (non-hydrogen) atoms. The molecule has 0 fully saturated rings. The Morgan fingerprint density at radius 1 is 1.32 bits per heavy atom. The van der Waals surface area contributed by atoms with Gasteiger partial charge >= 0.3 is 0 Å². The number of nitrogens with two attached hydrogens (primary N) is 1. The summed E-state index contributed by atoms with van der Waals surface area (Å²) in [6.07, 6.45) is 0. The third-order valence-electron chi connectivity index (χ3n) is 3.10. The molecule has 0 aliphatic rings. The Hall–Kier alpha value is -1.99. The number of hydrogen-bond acceptors (Lipinski definition) is 4. The fraction of sp³-hybridized carbons (Fsp3) is 0.267. The molecule has 0 amide bonds. The van der Waals surface area contributed by atoms with E-state index in [1.165, 1.54) is 15.3 Å². The molecule has 3 N–H and O–H groups in total. The fourth-order valence-electron chi connectivity index (χ4n) is 2.16. The lowest BCUT2D eigenvalue weighted by atomic mass is 10.1. The Labute approximate surface area is 117 Å². The van der Waals surface area contributed by atoms with Crippen molar-refractivity contribution in [2.45, 2.75) is 26.8 Å². The zero-order chi connectivity index (χ0) is 14.0. The van der Waals surface area contributed by atoms with Crippen LogP contribution in [0, 0.1) is 25.2 Å². The molecular formula is C15H17N3S. The zero-order valence-corrected chi connectivity index (χ0v) is 12.1. The van der Waals surface area contributed by atoms with Crippen LogP contribution >= 0.6 is 11.3 Å². The van der Waals surface area contributed by atoms with Crippen LogP contribution in [0.25, 0.3) is 0 Å². The van der Waals surface area contributed by atoms with Crippen LogP contribution in [0.4, 0.5) is 11.4 Å². The molecule has 0 saturated carbocycles. The number of hydrogen-bond donors (Lipinski definition) is 2. The Kier molecular flexibility index (Phi) is 3.77. The average Bonchev–Trinajstić information content (AvgIpc) is 2.71. The summed E-state index contributed by atoms with van der Waals surface area (Å²) in [6.45, 7) is 6.36. The molecule has 0 radical (unpaired) electrons. The van der Waals surface area contributed by atoms with E-state index in [-0.39, 0.29) is 6.04 Å². The van der Waals surface area contributed by atoms with Gasteiger partial charge in [0.25, 0.3) is 0 Å². The summed E-state index contributed by atoms with van der Waals surface area (Å²) in [4.78, 5) is 2.64. The summed E-state index contributed by atoms with van der Waals surface area (Å²) in [7, 11) is 0. The van der Waals surface area contributed by atoms with Crippen molar-refractivity contribution in [2.75, 3.05) is 11.1 Å². The third kappa shape index (κ3) is 2.88. The predicted molar refractivity (Wildman–Crippen MR) is 81.4 cm³/mol. The van der Waals surface area contributed by atoms with Gasteiger partial charge in [-0.15, -0.1) is 11.3 Å². The highest BCUT2D eigenvalue weighted by Crippen LogP contribution is 2.30. The van der Waals surface area contributed by atoms with Crippen molar-refractivity contribution in [3.63, 3.8) is 0 Å². The van der Waals surface area contributed by atoms with Crippen LogP contribution < -0.4 is 11.1 Å². The summed E-state index contributed by atoms with van der Waals surface area (Å²) >= 11 is 1.80. The molecule has 3 nitrogen and oxygen atoms in total. The molecule has 1 heterocycles. The molecule has 0 saturated heterocycles. The number of rotatable bonds is 3. The van der Waals surface area contributed by atoms with Crippen molar-refractivity contribution < 1.29 is 0 Å². The van der Waals surface area contributed by atoms with Gasteiger partial charge < -0.3 is 11.1 Å². The Balaban J connectivity index is 2.22. The van der Waals surface area contributed by atoms with Crippen molar-refractivity contribution >= 4 is 22.7 Å². The molecule has 0 spiro atoms. The first-order valence-corrected chi connectivity index (χ1v) is 6.96. The normalized spacial score (nSPS) is 11.9. The summed E-state index contributed by atoms with van der Waals surface area (Å²) < 4.78 is 0. The van der Waals surface area contributed by atoms with E-state index in [2.05, 4.69) is 38.2 Å². The fourth-order valence-corrected chi connectivity index (χ4v) is 3.18. The molecule has 1 aromatic carbocycles. The largest absolute Gasteiger partial charge is 0.397 e. The Bertz CT molecular complexity index is 637. The number of nitrogens with zero attached hydrogens (tertiary/aromatic N) is 1. The van der Waals surface area contributed by atoms with Gasteiger partial charge in [0.2, 0.25) is 0 Å². The molecule has 0 aliphatic heterocycles. The minimum Gasteiger partial charge on any atom is -0.397 e. The van der Waals surface area contributed by atoms with Crippen LogP contribution in [0.15, 0.2) is 24.3 Å². The van der Waals surface area contributed by atoms with Gasteiger partial charge in [0.1, 0.15) is 0 Å². The van der Waals surface area contributed by atoms with Gasteiger partial charge in [-0.05, 0) is 50.6 Å². The molecule has 4 heteroatoms. The second-order valence-electron chi connectivity index (χ2n) is 4.65. The summed E-state index contributed by atoms with van der Waals surface area (Å²) in [5, 5.41) is 12.2. The maximum atomic E-state index is 8.83. The van der Waals surface area contributed by atoms with E-state index in [0.717, 1.165) is 5.69 Å². The lowest BCUT2D eigenvalue weighted by Crippen LogP contribution is -2.08. The topological polar surface area (TPSA) is 61.8 Å². The Morgan fingerprint density at radius 3 is 2.58 bits per heavy atom. The lowest BCUT2D eigenvalue weighted by molar-refractivity contribution is 0.882. The maximum absolute atomic E-state index is 8.83.